The third-order valence-corrected chi connectivity index (χ3v) is 3.75. The Balaban J connectivity index is 3.22. The summed E-state index contributed by atoms with van der Waals surface area (Å²) in [6.07, 6.45) is -0.178. The van der Waals surface area contributed by atoms with Gasteiger partial charge >= 0.3 is 5.97 Å². The number of aliphatic carboxylic acids is 1. The first-order chi connectivity index (χ1) is 9.44. The number of carboxylic acids is 1. The molecule has 0 fully saturated rings. The van der Waals surface area contributed by atoms with E-state index in [-0.39, 0.29) is 6.42 Å². The zero-order valence-electron chi connectivity index (χ0n) is 12.0. The van der Waals surface area contributed by atoms with Crippen LogP contribution in [0.2, 0.25) is 0 Å². The largest absolute Gasteiger partial charge is 0.496 e. The lowest BCUT2D eigenvalue weighted by Gasteiger charge is -2.22. The van der Waals surface area contributed by atoms with Crippen molar-refractivity contribution >= 4 is 21.9 Å². The third kappa shape index (κ3) is 3.86. The van der Waals surface area contributed by atoms with Gasteiger partial charge in [0.05, 0.1) is 25.9 Å². The van der Waals surface area contributed by atoms with E-state index in [1.54, 1.807) is 14.2 Å². The van der Waals surface area contributed by atoms with Crippen molar-refractivity contribution in [3.05, 3.63) is 23.3 Å². The number of ether oxygens (including phenoxy) is 3. The SMILES string of the molecule is COc1cc(C)cc(OC)c1C(CC(Br)C(=O)O)OC. The zero-order valence-corrected chi connectivity index (χ0v) is 13.6. The molecule has 6 heteroatoms. The quantitative estimate of drug-likeness (QED) is 0.769. The van der Waals surface area contributed by atoms with Crippen LogP contribution in [0.5, 0.6) is 11.5 Å². The second-order valence-corrected chi connectivity index (χ2v) is 5.45. The lowest BCUT2D eigenvalue weighted by atomic mass is 10.0. The second kappa shape index (κ2) is 7.50. The number of hydrogen-bond acceptors (Lipinski definition) is 4. The van der Waals surface area contributed by atoms with E-state index in [1.165, 1.54) is 7.11 Å². The van der Waals surface area contributed by atoms with Gasteiger partial charge in [-0.15, -0.1) is 0 Å². The van der Waals surface area contributed by atoms with Crippen molar-refractivity contribution in [3.8, 4) is 11.5 Å². The lowest BCUT2D eigenvalue weighted by molar-refractivity contribution is -0.136. The van der Waals surface area contributed by atoms with Crippen molar-refractivity contribution in [2.24, 2.45) is 0 Å². The van der Waals surface area contributed by atoms with Gasteiger partial charge in [-0.1, -0.05) is 15.9 Å². The summed E-state index contributed by atoms with van der Waals surface area (Å²) < 4.78 is 16.2. The summed E-state index contributed by atoms with van der Waals surface area (Å²) in [7, 11) is 4.66. The van der Waals surface area contributed by atoms with Gasteiger partial charge in [-0.05, 0) is 24.6 Å². The molecule has 0 saturated heterocycles. The lowest BCUT2D eigenvalue weighted by Crippen LogP contribution is -2.18. The standard InChI is InChI=1S/C14H19BrO5/c1-8-5-10(18-2)13(11(6-8)19-3)12(20-4)7-9(15)14(16)17/h5-6,9,12H,7H2,1-4H3,(H,16,17). The highest BCUT2D eigenvalue weighted by atomic mass is 79.9. The molecule has 0 bridgehead atoms. The molecule has 1 aromatic carbocycles. The second-order valence-electron chi connectivity index (χ2n) is 4.35. The monoisotopic (exact) mass is 346 g/mol. The summed E-state index contributed by atoms with van der Waals surface area (Å²) in [6, 6.07) is 3.74. The Morgan fingerprint density at radius 1 is 1.25 bits per heavy atom. The van der Waals surface area contributed by atoms with Crippen molar-refractivity contribution in [2.45, 2.75) is 24.3 Å². The fraction of sp³-hybridized carbons (Fsp3) is 0.500. The van der Waals surface area contributed by atoms with Crippen molar-refractivity contribution in [2.75, 3.05) is 21.3 Å². The van der Waals surface area contributed by atoms with E-state index in [0.29, 0.717) is 17.1 Å². The average molecular weight is 347 g/mol. The molecule has 0 aliphatic rings. The molecule has 1 N–H and O–H groups in total. The molecule has 0 radical (unpaired) electrons. The maximum Gasteiger partial charge on any atom is 0.317 e. The van der Waals surface area contributed by atoms with E-state index in [1.807, 2.05) is 19.1 Å². The fourth-order valence-electron chi connectivity index (χ4n) is 2.01. The Kier molecular flexibility index (Phi) is 6.29. The normalized spacial score (nSPS) is 13.7. The van der Waals surface area contributed by atoms with Gasteiger partial charge in [-0.2, -0.15) is 0 Å². The molecular formula is C14H19BrO5. The minimum Gasteiger partial charge on any atom is -0.496 e. The van der Waals surface area contributed by atoms with Gasteiger partial charge in [0.1, 0.15) is 16.3 Å². The van der Waals surface area contributed by atoms with E-state index < -0.39 is 16.9 Å². The molecular weight excluding hydrogens is 328 g/mol. The minimum atomic E-state index is -0.933. The van der Waals surface area contributed by atoms with Gasteiger partial charge in [-0.3, -0.25) is 4.79 Å². The first-order valence-corrected chi connectivity index (χ1v) is 6.98. The molecule has 1 rings (SSSR count). The summed E-state index contributed by atoms with van der Waals surface area (Å²) >= 11 is 3.13. The highest BCUT2D eigenvalue weighted by Gasteiger charge is 2.26. The molecule has 0 aliphatic carbocycles. The van der Waals surface area contributed by atoms with Crippen LogP contribution in [0.3, 0.4) is 0 Å². The highest BCUT2D eigenvalue weighted by Crippen LogP contribution is 2.39. The Hall–Kier alpha value is -1.27. The smallest absolute Gasteiger partial charge is 0.317 e. The van der Waals surface area contributed by atoms with E-state index in [9.17, 15) is 4.79 Å². The van der Waals surface area contributed by atoms with Crippen molar-refractivity contribution in [3.63, 3.8) is 0 Å². The number of alkyl halides is 1. The van der Waals surface area contributed by atoms with Gasteiger partial charge in [0.2, 0.25) is 0 Å². The minimum absolute atomic E-state index is 0.265. The van der Waals surface area contributed by atoms with Crippen LogP contribution in [0, 0.1) is 6.92 Å². The number of hydrogen-bond donors (Lipinski definition) is 1. The Labute approximate surface area is 127 Å². The Morgan fingerprint density at radius 3 is 2.10 bits per heavy atom. The Bertz CT molecular complexity index is 450. The maximum absolute atomic E-state index is 11.0. The number of aryl methyl sites for hydroxylation is 1. The van der Waals surface area contributed by atoms with Gasteiger partial charge in [0.25, 0.3) is 0 Å². The molecule has 0 spiro atoms. The van der Waals surface area contributed by atoms with E-state index in [0.717, 1.165) is 5.56 Å². The molecule has 1 aromatic rings. The first kappa shape index (κ1) is 16.8. The molecule has 0 heterocycles. The van der Waals surface area contributed by atoms with Crippen LogP contribution in [0.25, 0.3) is 0 Å². The van der Waals surface area contributed by atoms with Crippen LogP contribution in [-0.4, -0.2) is 37.2 Å². The maximum atomic E-state index is 11.0. The van der Waals surface area contributed by atoms with Gasteiger partial charge in [0.15, 0.2) is 0 Å². The predicted molar refractivity (Wildman–Crippen MR) is 79.0 cm³/mol. The van der Waals surface area contributed by atoms with Gasteiger partial charge in [0, 0.05) is 13.5 Å². The Morgan fingerprint density at radius 2 is 1.75 bits per heavy atom. The number of carbonyl (C=O) groups is 1. The number of methoxy groups -OCH3 is 3. The van der Waals surface area contributed by atoms with Crippen LogP contribution < -0.4 is 9.47 Å². The van der Waals surface area contributed by atoms with E-state index in [2.05, 4.69) is 15.9 Å². The van der Waals surface area contributed by atoms with Gasteiger partial charge < -0.3 is 19.3 Å². The van der Waals surface area contributed by atoms with Crippen LogP contribution in [0.4, 0.5) is 0 Å². The highest BCUT2D eigenvalue weighted by molar-refractivity contribution is 9.10. The summed E-state index contributed by atoms with van der Waals surface area (Å²) in [6.45, 7) is 1.93. The summed E-state index contributed by atoms with van der Waals surface area (Å²) in [5, 5.41) is 9.01. The molecule has 2 unspecified atom stereocenters. The van der Waals surface area contributed by atoms with Crippen LogP contribution >= 0.6 is 15.9 Å². The molecule has 0 amide bonds. The molecule has 2 atom stereocenters. The predicted octanol–water partition coefficient (Wildman–Crippen LogP) is 2.94. The summed E-state index contributed by atoms with van der Waals surface area (Å²) in [5.41, 5.74) is 1.71. The van der Waals surface area contributed by atoms with E-state index in [4.69, 9.17) is 19.3 Å². The zero-order chi connectivity index (χ0) is 15.3. The molecule has 0 aromatic heterocycles. The number of rotatable bonds is 7. The van der Waals surface area contributed by atoms with Crippen LogP contribution in [0.1, 0.15) is 23.7 Å². The number of benzene rings is 1. The molecule has 5 nitrogen and oxygen atoms in total. The number of halogens is 1. The third-order valence-electron chi connectivity index (χ3n) is 2.98. The van der Waals surface area contributed by atoms with Crippen molar-refractivity contribution < 1.29 is 24.1 Å². The summed E-state index contributed by atoms with van der Waals surface area (Å²) in [5.74, 6) is 0.315. The van der Waals surface area contributed by atoms with Crippen LogP contribution in [0.15, 0.2) is 12.1 Å². The van der Waals surface area contributed by atoms with Crippen molar-refractivity contribution in [1.29, 1.82) is 0 Å². The number of carboxylic acid groups (broad SMARTS) is 1. The van der Waals surface area contributed by atoms with Crippen molar-refractivity contribution in [1.82, 2.24) is 0 Å². The molecule has 0 saturated carbocycles. The average Bonchev–Trinajstić information content (AvgIpc) is 2.43. The molecule has 20 heavy (non-hydrogen) atoms. The first-order valence-electron chi connectivity index (χ1n) is 6.06. The summed E-state index contributed by atoms with van der Waals surface area (Å²) in [4.78, 5) is 10.3. The van der Waals surface area contributed by atoms with E-state index >= 15 is 0 Å². The van der Waals surface area contributed by atoms with Crippen LogP contribution in [-0.2, 0) is 9.53 Å². The van der Waals surface area contributed by atoms with Gasteiger partial charge in [-0.25, -0.2) is 0 Å². The molecule has 112 valence electrons. The topological polar surface area (TPSA) is 65.0 Å². The fourth-order valence-corrected chi connectivity index (χ4v) is 2.35. The molecule has 0 aliphatic heterocycles.